The van der Waals surface area contributed by atoms with Gasteiger partial charge in [-0.15, -0.1) is 11.3 Å². The zero-order valence-electron chi connectivity index (χ0n) is 11.8. The van der Waals surface area contributed by atoms with E-state index in [0.29, 0.717) is 0 Å². The third-order valence-electron chi connectivity index (χ3n) is 3.68. The van der Waals surface area contributed by atoms with Gasteiger partial charge in [-0.3, -0.25) is 4.79 Å². The Balaban J connectivity index is 1.70. The summed E-state index contributed by atoms with van der Waals surface area (Å²) in [6.45, 7) is 3.60. The molecule has 0 radical (unpaired) electrons. The normalized spacial score (nSPS) is 14.5. The van der Waals surface area contributed by atoms with Crippen LogP contribution in [-0.2, 0) is 17.8 Å². The molecule has 0 unspecified atom stereocenters. The van der Waals surface area contributed by atoms with E-state index < -0.39 is 0 Å². The molecule has 0 N–H and O–H groups in total. The van der Waals surface area contributed by atoms with Gasteiger partial charge in [0.2, 0.25) is 5.91 Å². The molecule has 1 aromatic heterocycles. The van der Waals surface area contributed by atoms with Crippen LogP contribution in [0.5, 0.6) is 0 Å². The lowest BCUT2D eigenvalue weighted by Gasteiger charge is -2.25. The molecule has 0 atom stereocenters. The summed E-state index contributed by atoms with van der Waals surface area (Å²) < 4.78 is 1.02. The number of hydrogen-bond donors (Lipinski definition) is 0. The molecular formula is C17H16BrNOS. The zero-order chi connectivity index (χ0) is 14.8. The van der Waals surface area contributed by atoms with Crippen LogP contribution in [0.25, 0.3) is 6.08 Å². The molecule has 0 saturated heterocycles. The Kier molecular flexibility index (Phi) is 4.27. The largest absolute Gasteiger partial charge is 0.334 e. The van der Waals surface area contributed by atoms with Gasteiger partial charge in [0.1, 0.15) is 0 Å². The first kappa shape index (κ1) is 14.5. The van der Waals surface area contributed by atoms with Crippen LogP contribution in [0.3, 0.4) is 0 Å². The monoisotopic (exact) mass is 361 g/mol. The molecule has 2 nitrogen and oxygen atoms in total. The van der Waals surface area contributed by atoms with Crippen LogP contribution in [0.4, 0.5) is 0 Å². The number of carbonyl (C=O) groups excluding carboxylic acids is 1. The van der Waals surface area contributed by atoms with Crippen molar-refractivity contribution in [2.24, 2.45) is 0 Å². The van der Waals surface area contributed by atoms with E-state index in [1.165, 1.54) is 16.0 Å². The average molecular weight is 362 g/mol. The van der Waals surface area contributed by atoms with Gasteiger partial charge in [-0.25, -0.2) is 0 Å². The van der Waals surface area contributed by atoms with E-state index in [2.05, 4.69) is 40.4 Å². The van der Waals surface area contributed by atoms with Crippen LogP contribution in [0.1, 0.15) is 21.6 Å². The van der Waals surface area contributed by atoms with Gasteiger partial charge in [-0.1, -0.05) is 28.1 Å². The SMILES string of the molecule is Cc1ccc(C=CC(=O)N2CCc3sccc3C2)c(Br)c1. The van der Waals surface area contributed by atoms with E-state index in [0.717, 1.165) is 29.5 Å². The maximum absolute atomic E-state index is 12.3. The summed E-state index contributed by atoms with van der Waals surface area (Å²) in [5, 5.41) is 2.11. The second-order valence-corrected chi connectivity index (χ2v) is 7.09. The molecule has 4 heteroatoms. The van der Waals surface area contributed by atoms with Crippen LogP contribution in [0.15, 0.2) is 40.2 Å². The third kappa shape index (κ3) is 3.27. The number of halogens is 1. The van der Waals surface area contributed by atoms with Gasteiger partial charge in [0.25, 0.3) is 0 Å². The number of nitrogens with zero attached hydrogens (tertiary/aromatic N) is 1. The van der Waals surface area contributed by atoms with Crippen molar-refractivity contribution in [2.45, 2.75) is 19.9 Å². The second-order valence-electron chi connectivity index (χ2n) is 5.24. The minimum atomic E-state index is 0.0827. The summed E-state index contributed by atoms with van der Waals surface area (Å²) in [7, 11) is 0. The molecule has 0 fully saturated rings. The molecule has 0 spiro atoms. The van der Waals surface area contributed by atoms with E-state index in [9.17, 15) is 4.79 Å². The van der Waals surface area contributed by atoms with E-state index in [4.69, 9.17) is 0 Å². The Morgan fingerprint density at radius 3 is 3.05 bits per heavy atom. The Bertz CT molecular complexity index is 705. The first-order valence-corrected chi connectivity index (χ1v) is 8.59. The fraction of sp³-hybridized carbons (Fsp3) is 0.235. The Labute approximate surface area is 137 Å². The van der Waals surface area contributed by atoms with Crippen LogP contribution in [-0.4, -0.2) is 17.4 Å². The van der Waals surface area contributed by atoms with Gasteiger partial charge >= 0.3 is 0 Å². The number of hydrogen-bond acceptors (Lipinski definition) is 2. The fourth-order valence-electron chi connectivity index (χ4n) is 2.47. The summed E-state index contributed by atoms with van der Waals surface area (Å²) in [6, 6.07) is 8.26. The zero-order valence-corrected chi connectivity index (χ0v) is 14.2. The molecule has 0 bridgehead atoms. The summed E-state index contributed by atoms with van der Waals surface area (Å²) in [6.07, 6.45) is 4.53. The second kappa shape index (κ2) is 6.16. The predicted octanol–water partition coefficient (Wildman–Crippen LogP) is 4.42. The third-order valence-corrected chi connectivity index (χ3v) is 5.39. The van der Waals surface area contributed by atoms with Crippen LogP contribution >= 0.6 is 27.3 Å². The van der Waals surface area contributed by atoms with Crippen molar-refractivity contribution >= 4 is 39.2 Å². The lowest BCUT2D eigenvalue weighted by molar-refractivity contribution is -0.126. The first-order valence-electron chi connectivity index (χ1n) is 6.92. The molecule has 21 heavy (non-hydrogen) atoms. The Hall–Kier alpha value is -1.39. The van der Waals surface area contributed by atoms with Crippen molar-refractivity contribution in [3.8, 4) is 0 Å². The summed E-state index contributed by atoms with van der Waals surface area (Å²) in [5.74, 6) is 0.0827. The van der Waals surface area contributed by atoms with Gasteiger partial charge in [0.05, 0.1) is 0 Å². The first-order chi connectivity index (χ1) is 10.1. The maximum atomic E-state index is 12.3. The molecule has 1 aliphatic rings. The van der Waals surface area contributed by atoms with E-state index in [1.807, 2.05) is 23.1 Å². The topological polar surface area (TPSA) is 20.3 Å². The molecule has 0 aliphatic carbocycles. The molecule has 2 aromatic rings. The van der Waals surface area contributed by atoms with Crippen molar-refractivity contribution in [1.82, 2.24) is 4.90 Å². The Morgan fingerprint density at radius 2 is 2.24 bits per heavy atom. The van der Waals surface area contributed by atoms with Crippen molar-refractivity contribution in [3.63, 3.8) is 0 Å². The van der Waals surface area contributed by atoms with Gasteiger partial charge in [0, 0.05) is 28.5 Å². The number of benzene rings is 1. The van der Waals surface area contributed by atoms with Crippen LogP contribution in [0, 0.1) is 6.92 Å². The maximum Gasteiger partial charge on any atom is 0.246 e. The molecule has 108 valence electrons. The smallest absolute Gasteiger partial charge is 0.246 e. The highest BCUT2D eigenvalue weighted by atomic mass is 79.9. The average Bonchev–Trinajstić information content (AvgIpc) is 2.93. The van der Waals surface area contributed by atoms with Gasteiger partial charge in [-0.05, 0) is 53.6 Å². The van der Waals surface area contributed by atoms with E-state index in [1.54, 1.807) is 17.4 Å². The molecule has 1 aliphatic heterocycles. The highest BCUT2D eigenvalue weighted by Crippen LogP contribution is 2.24. The van der Waals surface area contributed by atoms with Crippen molar-refractivity contribution in [3.05, 3.63) is 61.8 Å². The molecule has 3 rings (SSSR count). The predicted molar refractivity (Wildman–Crippen MR) is 91.4 cm³/mol. The minimum absolute atomic E-state index is 0.0827. The van der Waals surface area contributed by atoms with Gasteiger partial charge in [0.15, 0.2) is 0 Å². The van der Waals surface area contributed by atoms with Crippen molar-refractivity contribution < 1.29 is 4.79 Å². The number of aryl methyl sites for hydroxylation is 1. The number of thiophene rings is 1. The van der Waals surface area contributed by atoms with Crippen LogP contribution < -0.4 is 0 Å². The lowest BCUT2D eigenvalue weighted by atomic mass is 10.1. The number of rotatable bonds is 2. The van der Waals surface area contributed by atoms with Crippen molar-refractivity contribution in [2.75, 3.05) is 6.54 Å². The molecule has 2 heterocycles. The van der Waals surface area contributed by atoms with Crippen molar-refractivity contribution in [1.29, 1.82) is 0 Å². The standard InChI is InChI=1S/C17H16BrNOS/c1-12-2-3-13(15(18)10-12)4-5-17(20)19-8-6-16-14(11-19)7-9-21-16/h2-5,7,9-10H,6,8,11H2,1H3. The number of fused-ring (bicyclic) bond motifs is 1. The highest BCUT2D eigenvalue weighted by molar-refractivity contribution is 9.10. The number of carbonyl (C=O) groups is 1. The van der Waals surface area contributed by atoms with Gasteiger partial charge < -0.3 is 4.90 Å². The van der Waals surface area contributed by atoms with E-state index >= 15 is 0 Å². The lowest BCUT2D eigenvalue weighted by Crippen LogP contribution is -2.34. The van der Waals surface area contributed by atoms with Crippen LogP contribution in [0.2, 0.25) is 0 Å². The highest BCUT2D eigenvalue weighted by Gasteiger charge is 2.19. The summed E-state index contributed by atoms with van der Waals surface area (Å²) in [4.78, 5) is 15.6. The molecule has 1 amide bonds. The molecule has 0 saturated carbocycles. The molecule has 1 aromatic carbocycles. The van der Waals surface area contributed by atoms with E-state index in [-0.39, 0.29) is 5.91 Å². The summed E-state index contributed by atoms with van der Waals surface area (Å²) in [5.41, 5.74) is 3.53. The molecular weight excluding hydrogens is 346 g/mol. The quantitative estimate of drug-likeness (QED) is 0.725. The Morgan fingerprint density at radius 1 is 1.38 bits per heavy atom. The minimum Gasteiger partial charge on any atom is -0.334 e. The summed E-state index contributed by atoms with van der Waals surface area (Å²) >= 11 is 5.33. The van der Waals surface area contributed by atoms with Gasteiger partial charge in [-0.2, -0.15) is 0 Å². The number of amides is 1. The fourth-order valence-corrected chi connectivity index (χ4v) is 3.99.